The van der Waals surface area contributed by atoms with Crippen molar-refractivity contribution in [3.05, 3.63) is 58.3 Å². The van der Waals surface area contributed by atoms with Crippen LogP contribution in [0.5, 0.6) is 0 Å². The van der Waals surface area contributed by atoms with Crippen molar-refractivity contribution in [1.82, 2.24) is 15.1 Å². The van der Waals surface area contributed by atoms with Crippen LogP contribution in [0.25, 0.3) is 10.8 Å². The van der Waals surface area contributed by atoms with Crippen molar-refractivity contribution in [1.29, 1.82) is 0 Å². The minimum atomic E-state index is -0.825. The molecule has 25 heavy (non-hydrogen) atoms. The zero-order valence-corrected chi connectivity index (χ0v) is 14.5. The number of aryl methyl sites for hydroxylation is 1. The summed E-state index contributed by atoms with van der Waals surface area (Å²) in [5.74, 6) is -0.523. The molecule has 1 atom stereocenters. The van der Waals surface area contributed by atoms with Crippen molar-refractivity contribution in [2.45, 2.75) is 32.4 Å². The molecule has 1 aliphatic heterocycles. The lowest BCUT2D eigenvalue weighted by Gasteiger charge is -2.21. The number of likely N-dealkylation sites (tertiary alicyclic amines) is 1. The lowest BCUT2D eigenvalue weighted by Crippen LogP contribution is -2.23. The third-order valence-electron chi connectivity index (χ3n) is 4.41. The van der Waals surface area contributed by atoms with E-state index in [1.807, 2.05) is 19.1 Å². The van der Waals surface area contributed by atoms with Gasteiger partial charge in [-0.2, -0.15) is 0 Å². The molecule has 4 rings (SSSR count). The van der Waals surface area contributed by atoms with Gasteiger partial charge in [0.2, 0.25) is 5.89 Å². The van der Waals surface area contributed by atoms with Crippen molar-refractivity contribution < 1.29 is 13.2 Å². The summed E-state index contributed by atoms with van der Waals surface area (Å²) in [5, 5.41) is 8.39. The Morgan fingerprint density at radius 2 is 2.08 bits per heavy atom. The maximum absolute atomic E-state index is 13.4. The second-order valence-electron chi connectivity index (χ2n) is 6.23. The van der Waals surface area contributed by atoms with Crippen LogP contribution in [-0.2, 0) is 6.54 Å². The molecular formula is C18H17F2N3OS. The van der Waals surface area contributed by atoms with Crippen LogP contribution in [0.15, 0.2) is 34.7 Å². The number of hydrogen-bond donors (Lipinski definition) is 0. The van der Waals surface area contributed by atoms with Crippen molar-refractivity contribution in [3.63, 3.8) is 0 Å². The molecule has 1 fully saturated rings. The molecule has 7 heteroatoms. The third-order valence-corrected chi connectivity index (χ3v) is 5.40. The van der Waals surface area contributed by atoms with E-state index in [-0.39, 0.29) is 6.04 Å². The number of rotatable bonds is 4. The molecule has 3 heterocycles. The Bertz CT molecular complexity index is 892. The molecule has 0 saturated carbocycles. The number of thiophene rings is 1. The first-order chi connectivity index (χ1) is 12.1. The summed E-state index contributed by atoms with van der Waals surface area (Å²) < 4.78 is 32.4. The number of aromatic nitrogens is 2. The van der Waals surface area contributed by atoms with E-state index in [0.29, 0.717) is 18.3 Å². The molecule has 1 aromatic carbocycles. The maximum Gasteiger partial charge on any atom is 0.257 e. The van der Waals surface area contributed by atoms with Crippen molar-refractivity contribution >= 4 is 11.3 Å². The summed E-state index contributed by atoms with van der Waals surface area (Å²) in [6.07, 6.45) is 1.92. The number of benzene rings is 1. The molecule has 1 saturated heterocycles. The first-order valence-electron chi connectivity index (χ1n) is 8.18. The van der Waals surface area contributed by atoms with Gasteiger partial charge in [-0.05, 0) is 56.1 Å². The van der Waals surface area contributed by atoms with Gasteiger partial charge in [0.25, 0.3) is 5.89 Å². The predicted molar refractivity (Wildman–Crippen MR) is 91.1 cm³/mol. The highest BCUT2D eigenvalue weighted by Gasteiger charge is 2.31. The fourth-order valence-corrected chi connectivity index (χ4v) is 3.97. The largest absolute Gasteiger partial charge is 0.418 e. The standard InChI is InChI=1S/C18H17F2N3OS/c1-11-4-7-16(25-11)18-22-21-17(24-18)15-3-2-8-23(15)10-12-5-6-13(19)14(20)9-12/h4-7,9,15H,2-3,8,10H2,1H3. The summed E-state index contributed by atoms with van der Waals surface area (Å²) in [5.41, 5.74) is 0.736. The number of halogens is 2. The molecular weight excluding hydrogens is 344 g/mol. The van der Waals surface area contributed by atoms with Crippen LogP contribution >= 0.6 is 11.3 Å². The molecule has 0 spiro atoms. The highest BCUT2D eigenvalue weighted by molar-refractivity contribution is 7.15. The van der Waals surface area contributed by atoms with Gasteiger partial charge in [-0.15, -0.1) is 21.5 Å². The van der Waals surface area contributed by atoms with E-state index < -0.39 is 11.6 Å². The first kappa shape index (κ1) is 16.4. The molecule has 130 valence electrons. The van der Waals surface area contributed by atoms with Gasteiger partial charge in [0.05, 0.1) is 10.9 Å². The van der Waals surface area contributed by atoms with Crippen molar-refractivity contribution in [3.8, 4) is 10.8 Å². The van der Waals surface area contributed by atoms with E-state index in [2.05, 4.69) is 15.1 Å². The second kappa shape index (κ2) is 6.65. The minimum Gasteiger partial charge on any atom is -0.418 e. The van der Waals surface area contributed by atoms with Gasteiger partial charge in [0.1, 0.15) is 0 Å². The van der Waals surface area contributed by atoms with E-state index in [4.69, 9.17) is 4.42 Å². The van der Waals surface area contributed by atoms with Gasteiger partial charge < -0.3 is 4.42 Å². The Kier molecular flexibility index (Phi) is 4.35. The quantitative estimate of drug-likeness (QED) is 0.674. The van der Waals surface area contributed by atoms with Crippen molar-refractivity contribution in [2.24, 2.45) is 0 Å². The van der Waals surface area contributed by atoms with Crippen LogP contribution in [-0.4, -0.2) is 21.6 Å². The monoisotopic (exact) mass is 361 g/mol. The first-order valence-corrected chi connectivity index (χ1v) is 9.00. The molecule has 4 nitrogen and oxygen atoms in total. The summed E-state index contributed by atoms with van der Waals surface area (Å²) in [6.45, 7) is 3.42. The summed E-state index contributed by atoms with van der Waals surface area (Å²) in [4.78, 5) is 4.32. The molecule has 0 radical (unpaired) electrons. The van der Waals surface area contributed by atoms with Crippen LogP contribution in [0.1, 0.15) is 35.2 Å². The SMILES string of the molecule is Cc1ccc(-c2nnc(C3CCCN3Cc3ccc(F)c(F)c3)o2)s1. The van der Waals surface area contributed by atoms with Crippen LogP contribution in [0.2, 0.25) is 0 Å². The van der Waals surface area contributed by atoms with Gasteiger partial charge in [-0.3, -0.25) is 4.90 Å². The van der Waals surface area contributed by atoms with Crippen LogP contribution in [0.4, 0.5) is 8.78 Å². The van der Waals surface area contributed by atoms with E-state index >= 15 is 0 Å². The van der Waals surface area contributed by atoms with Crippen LogP contribution in [0.3, 0.4) is 0 Å². The van der Waals surface area contributed by atoms with Gasteiger partial charge in [0, 0.05) is 11.4 Å². The molecule has 2 aromatic heterocycles. The predicted octanol–water partition coefficient (Wildman–Crippen LogP) is 4.72. The fraction of sp³-hybridized carbons (Fsp3) is 0.333. The summed E-state index contributed by atoms with van der Waals surface area (Å²) >= 11 is 1.62. The molecule has 0 aliphatic carbocycles. The van der Waals surface area contributed by atoms with Gasteiger partial charge in [-0.1, -0.05) is 6.07 Å². The molecule has 1 unspecified atom stereocenters. The Hall–Kier alpha value is -2.12. The van der Waals surface area contributed by atoms with E-state index in [0.717, 1.165) is 29.8 Å². The molecule has 1 aliphatic rings. The molecule has 0 amide bonds. The molecule has 3 aromatic rings. The average molecular weight is 361 g/mol. The number of nitrogens with zero attached hydrogens (tertiary/aromatic N) is 3. The maximum atomic E-state index is 13.4. The summed E-state index contributed by atoms with van der Waals surface area (Å²) in [7, 11) is 0. The Morgan fingerprint density at radius 1 is 1.20 bits per heavy atom. The number of hydrogen-bond acceptors (Lipinski definition) is 5. The van der Waals surface area contributed by atoms with E-state index in [1.54, 1.807) is 17.4 Å². The normalized spacial score (nSPS) is 18.1. The topological polar surface area (TPSA) is 42.2 Å². The average Bonchev–Trinajstić information content (AvgIpc) is 3.30. The second-order valence-corrected chi connectivity index (χ2v) is 7.52. The summed E-state index contributed by atoms with van der Waals surface area (Å²) in [6, 6.07) is 8.04. The smallest absolute Gasteiger partial charge is 0.257 e. The Balaban J connectivity index is 1.53. The van der Waals surface area contributed by atoms with Crippen molar-refractivity contribution in [2.75, 3.05) is 6.54 Å². The van der Waals surface area contributed by atoms with E-state index in [9.17, 15) is 8.78 Å². The highest BCUT2D eigenvalue weighted by atomic mass is 32.1. The zero-order valence-electron chi connectivity index (χ0n) is 13.7. The van der Waals surface area contributed by atoms with E-state index in [1.165, 1.54) is 17.0 Å². The van der Waals surface area contributed by atoms with Crippen LogP contribution < -0.4 is 0 Å². The fourth-order valence-electron chi connectivity index (χ4n) is 3.19. The Morgan fingerprint density at radius 3 is 2.84 bits per heavy atom. The zero-order chi connectivity index (χ0) is 17.4. The van der Waals surface area contributed by atoms with Gasteiger partial charge >= 0.3 is 0 Å². The lowest BCUT2D eigenvalue weighted by atomic mass is 10.1. The molecule has 0 bridgehead atoms. The van der Waals surface area contributed by atoms with Gasteiger partial charge in [0.15, 0.2) is 11.6 Å². The Labute approximate surface area is 148 Å². The minimum absolute atomic E-state index is 0.00965. The molecule has 0 N–H and O–H groups in total. The van der Waals surface area contributed by atoms with Gasteiger partial charge in [-0.25, -0.2) is 8.78 Å². The lowest BCUT2D eigenvalue weighted by molar-refractivity contribution is 0.215. The van der Waals surface area contributed by atoms with Crippen LogP contribution in [0, 0.1) is 18.6 Å². The highest BCUT2D eigenvalue weighted by Crippen LogP contribution is 2.35. The third kappa shape index (κ3) is 3.34.